The van der Waals surface area contributed by atoms with Gasteiger partial charge in [0, 0.05) is 11.9 Å². The van der Waals surface area contributed by atoms with Gasteiger partial charge in [-0.05, 0) is 36.4 Å². The van der Waals surface area contributed by atoms with Crippen LogP contribution in [0.4, 0.5) is 11.5 Å². The molecule has 16 heavy (non-hydrogen) atoms. The summed E-state index contributed by atoms with van der Waals surface area (Å²) in [6, 6.07) is 12.8. The minimum Gasteiger partial charge on any atom is -0.340 e. The van der Waals surface area contributed by atoms with Gasteiger partial charge in [-0.25, -0.2) is 4.98 Å². The highest BCUT2D eigenvalue weighted by Crippen LogP contribution is 2.16. The highest BCUT2D eigenvalue weighted by Gasteiger charge is 1.96. The molecule has 0 saturated carbocycles. The molecule has 78 valence electrons. The van der Waals surface area contributed by atoms with Crippen LogP contribution < -0.4 is 5.32 Å². The molecule has 4 heteroatoms. The number of hydrogen-bond donors (Lipinski definition) is 1. The second-order valence-electron chi connectivity index (χ2n) is 3.18. The summed E-state index contributed by atoms with van der Waals surface area (Å²) in [4.78, 5) is 4.11. The first-order chi connectivity index (χ1) is 7.78. The summed E-state index contributed by atoms with van der Waals surface area (Å²) >= 11 is 5.73. The molecule has 2 rings (SSSR count). The number of halogens is 1. The van der Waals surface area contributed by atoms with Gasteiger partial charge in [-0.2, -0.15) is 5.26 Å². The molecule has 0 atom stereocenters. The van der Waals surface area contributed by atoms with Gasteiger partial charge in [-0.15, -0.1) is 0 Å². The van der Waals surface area contributed by atoms with Crippen LogP contribution >= 0.6 is 11.6 Å². The van der Waals surface area contributed by atoms with E-state index in [0.717, 1.165) is 5.69 Å². The minimum atomic E-state index is 0.602. The first-order valence-corrected chi connectivity index (χ1v) is 5.04. The molecule has 0 aliphatic carbocycles. The van der Waals surface area contributed by atoms with Crippen molar-refractivity contribution in [1.82, 2.24) is 4.98 Å². The van der Waals surface area contributed by atoms with Gasteiger partial charge in [-0.1, -0.05) is 11.6 Å². The van der Waals surface area contributed by atoms with E-state index in [1.807, 2.05) is 12.1 Å². The van der Waals surface area contributed by atoms with E-state index in [9.17, 15) is 0 Å². The normalized spacial score (nSPS) is 9.50. The molecule has 2 aromatic rings. The van der Waals surface area contributed by atoms with E-state index in [1.165, 1.54) is 0 Å². The Balaban J connectivity index is 2.15. The highest BCUT2D eigenvalue weighted by molar-refractivity contribution is 6.30. The Morgan fingerprint density at radius 2 is 1.88 bits per heavy atom. The van der Waals surface area contributed by atoms with E-state index < -0.39 is 0 Å². The second-order valence-corrected chi connectivity index (χ2v) is 3.61. The molecule has 0 aliphatic rings. The van der Waals surface area contributed by atoms with Crippen molar-refractivity contribution in [3.63, 3.8) is 0 Å². The maximum Gasteiger partial charge on any atom is 0.130 e. The van der Waals surface area contributed by atoms with Gasteiger partial charge in [0.2, 0.25) is 0 Å². The molecule has 1 N–H and O–H groups in total. The van der Waals surface area contributed by atoms with Crippen LogP contribution in [0.5, 0.6) is 0 Å². The van der Waals surface area contributed by atoms with Gasteiger partial charge in [0.15, 0.2) is 0 Å². The molecule has 1 heterocycles. The van der Waals surface area contributed by atoms with E-state index in [0.29, 0.717) is 16.4 Å². The third-order valence-corrected chi connectivity index (χ3v) is 2.24. The van der Waals surface area contributed by atoms with E-state index in [-0.39, 0.29) is 0 Å². The van der Waals surface area contributed by atoms with Crippen LogP contribution in [0, 0.1) is 11.3 Å². The van der Waals surface area contributed by atoms with Crippen LogP contribution in [-0.2, 0) is 0 Å². The topological polar surface area (TPSA) is 48.7 Å². The van der Waals surface area contributed by atoms with Crippen molar-refractivity contribution in [2.24, 2.45) is 0 Å². The van der Waals surface area contributed by atoms with Gasteiger partial charge in [0.05, 0.1) is 16.7 Å². The van der Waals surface area contributed by atoms with Crippen LogP contribution in [0.15, 0.2) is 42.6 Å². The monoisotopic (exact) mass is 229 g/mol. The Morgan fingerprint density at radius 1 is 1.12 bits per heavy atom. The molecule has 0 amide bonds. The van der Waals surface area contributed by atoms with E-state index >= 15 is 0 Å². The first-order valence-electron chi connectivity index (χ1n) is 4.67. The summed E-state index contributed by atoms with van der Waals surface area (Å²) in [5, 5.41) is 12.4. The Bertz CT molecular complexity index is 511. The molecule has 0 radical (unpaired) electrons. The Hall–Kier alpha value is -2.05. The Morgan fingerprint density at radius 3 is 2.44 bits per heavy atom. The number of nitrogens with one attached hydrogen (secondary N) is 1. The third-order valence-electron chi connectivity index (χ3n) is 2.01. The number of pyridine rings is 1. The van der Waals surface area contributed by atoms with Crippen molar-refractivity contribution in [1.29, 1.82) is 5.26 Å². The SMILES string of the molecule is N#Cc1ccc(Nc2ccc(Cl)cn2)cc1. The standard InChI is InChI=1S/C12H8ClN3/c13-10-3-6-12(15-8-10)16-11-4-1-9(7-14)2-5-11/h1-6,8H,(H,15,16). The van der Waals surface area contributed by atoms with Crippen molar-refractivity contribution in [2.45, 2.75) is 0 Å². The second kappa shape index (κ2) is 4.65. The predicted octanol–water partition coefficient (Wildman–Crippen LogP) is 3.35. The number of nitrogens with zero attached hydrogens (tertiary/aromatic N) is 2. The van der Waals surface area contributed by atoms with Crippen molar-refractivity contribution >= 4 is 23.1 Å². The Kier molecular flexibility index (Phi) is 3.04. The zero-order chi connectivity index (χ0) is 11.4. The maximum atomic E-state index is 8.65. The summed E-state index contributed by atoms with van der Waals surface area (Å²) in [6.45, 7) is 0. The summed E-state index contributed by atoms with van der Waals surface area (Å²) in [6.07, 6.45) is 1.58. The number of aromatic nitrogens is 1. The summed E-state index contributed by atoms with van der Waals surface area (Å²) in [5.74, 6) is 0.717. The van der Waals surface area contributed by atoms with Crippen LogP contribution in [0.2, 0.25) is 5.02 Å². The van der Waals surface area contributed by atoms with Crippen LogP contribution in [0.25, 0.3) is 0 Å². The Labute approximate surface area is 98.3 Å². The molecule has 0 spiro atoms. The van der Waals surface area contributed by atoms with Crippen LogP contribution in [-0.4, -0.2) is 4.98 Å². The van der Waals surface area contributed by atoms with Gasteiger partial charge < -0.3 is 5.32 Å². The average molecular weight is 230 g/mol. The van der Waals surface area contributed by atoms with Crippen molar-refractivity contribution in [2.75, 3.05) is 5.32 Å². The zero-order valence-corrected chi connectivity index (χ0v) is 9.07. The highest BCUT2D eigenvalue weighted by atomic mass is 35.5. The molecule has 0 aliphatic heterocycles. The molecule has 0 saturated heterocycles. The lowest BCUT2D eigenvalue weighted by Crippen LogP contribution is -1.92. The van der Waals surface area contributed by atoms with Gasteiger partial charge in [-0.3, -0.25) is 0 Å². The summed E-state index contributed by atoms with van der Waals surface area (Å²) in [7, 11) is 0. The fraction of sp³-hybridized carbons (Fsp3) is 0. The number of anilines is 2. The van der Waals surface area contributed by atoms with E-state index in [4.69, 9.17) is 16.9 Å². The lowest BCUT2D eigenvalue weighted by Gasteiger charge is -2.04. The maximum absolute atomic E-state index is 8.65. The number of rotatable bonds is 2. The predicted molar refractivity (Wildman–Crippen MR) is 63.7 cm³/mol. The molecule has 0 unspecified atom stereocenters. The van der Waals surface area contributed by atoms with Crippen LogP contribution in [0.1, 0.15) is 5.56 Å². The number of benzene rings is 1. The van der Waals surface area contributed by atoms with Crippen LogP contribution in [0.3, 0.4) is 0 Å². The van der Waals surface area contributed by atoms with Crippen molar-refractivity contribution in [3.05, 3.63) is 53.2 Å². The minimum absolute atomic E-state index is 0.602. The average Bonchev–Trinajstić information content (AvgIpc) is 2.33. The van der Waals surface area contributed by atoms with Gasteiger partial charge in [0.1, 0.15) is 5.82 Å². The van der Waals surface area contributed by atoms with Gasteiger partial charge >= 0.3 is 0 Å². The van der Waals surface area contributed by atoms with E-state index in [1.54, 1.807) is 30.5 Å². The smallest absolute Gasteiger partial charge is 0.130 e. The fourth-order valence-corrected chi connectivity index (χ4v) is 1.34. The molecule has 1 aromatic heterocycles. The molecule has 0 bridgehead atoms. The lowest BCUT2D eigenvalue weighted by molar-refractivity contribution is 1.31. The summed E-state index contributed by atoms with van der Waals surface area (Å²) in [5.41, 5.74) is 1.52. The van der Waals surface area contributed by atoms with Crippen molar-refractivity contribution in [3.8, 4) is 6.07 Å². The van der Waals surface area contributed by atoms with Crippen molar-refractivity contribution < 1.29 is 0 Å². The number of hydrogen-bond acceptors (Lipinski definition) is 3. The van der Waals surface area contributed by atoms with Gasteiger partial charge in [0.25, 0.3) is 0 Å². The quantitative estimate of drug-likeness (QED) is 0.859. The first kappa shape index (κ1) is 10.5. The third kappa shape index (κ3) is 2.50. The molecular weight excluding hydrogens is 222 g/mol. The molecular formula is C12H8ClN3. The molecule has 1 aromatic carbocycles. The van der Waals surface area contributed by atoms with E-state index in [2.05, 4.69) is 16.4 Å². The summed E-state index contributed by atoms with van der Waals surface area (Å²) < 4.78 is 0. The zero-order valence-electron chi connectivity index (χ0n) is 8.31. The molecule has 0 fully saturated rings. The lowest BCUT2D eigenvalue weighted by atomic mass is 10.2. The fourth-order valence-electron chi connectivity index (χ4n) is 1.23. The number of nitriles is 1. The largest absolute Gasteiger partial charge is 0.340 e. The molecule has 3 nitrogen and oxygen atoms in total.